The minimum atomic E-state index is -0.599. The number of nitrogens with one attached hydrogen (secondary N) is 1. The zero-order valence-corrected chi connectivity index (χ0v) is 17.1. The van der Waals surface area contributed by atoms with E-state index in [0.29, 0.717) is 10.1 Å². The monoisotopic (exact) mass is 414 g/mol. The van der Waals surface area contributed by atoms with Gasteiger partial charge in [0.25, 0.3) is 11.6 Å². The van der Waals surface area contributed by atoms with Gasteiger partial charge in [-0.15, -0.1) is 22.6 Å². The van der Waals surface area contributed by atoms with Crippen LogP contribution in [-0.2, 0) is 7.05 Å². The van der Waals surface area contributed by atoms with Crippen LogP contribution in [0.5, 0.6) is 0 Å². The lowest BCUT2D eigenvalue weighted by atomic mass is 9.88. The third-order valence-corrected chi connectivity index (χ3v) is 5.50. The number of hydrogen-bond donors (Lipinski definition) is 2. The molecule has 1 aromatic carbocycles. The molecule has 1 heterocycles. The Bertz CT molecular complexity index is 828. The third kappa shape index (κ3) is 5.18. The van der Waals surface area contributed by atoms with Gasteiger partial charge in [-0.3, -0.25) is 14.9 Å². The van der Waals surface area contributed by atoms with Crippen LogP contribution in [0.4, 0.5) is 5.69 Å². The van der Waals surface area contributed by atoms with Gasteiger partial charge in [0, 0.05) is 25.2 Å². The van der Waals surface area contributed by atoms with Crippen molar-refractivity contribution in [1.29, 1.82) is 0 Å². The number of amides is 1. The summed E-state index contributed by atoms with van der Waals surface area (Å²) in [6.07, 6.45) is 1.51. The smallest absolute Gasteiger partial charge is 0.284 e. The molecular weight excluding hydrogens is 392 g/mol. The van der Waals surface area contributed by atoms with Crippen LogP contribution in [0.1, 0.15) is 31.1 Å². The van der Waals surface area contributed by atoms with E-state index in [1.165, 1.54) is 12.4 Å². The van der Waals surface area contributed by atoms with E-state index in [1.807, 2.05) is 20.8 Å². The molecule has 0 saturated heterocycles. The van der Waals surface area contributed by atoms with Gasteiger partial charge in [0.2, 0.25) is 0 Å². The molecule has 148 valence electrons. The van der Waals surface area contributed by atoms with Gasteiger partial charge in [-0.05, 0) is 36.7 Å². The number of rotatable bonds is 7. The van der Waals surface area contributed by atoms with Gasteiger partial charge >= 0.3 is 0 Å². The first kappa shape index (κ1) is 22.9. The summed E-state index contributed by atoms with van der Waals surface area (Å²) in [5, 5.41) is 22.5. The van der Waals surface area contributed by atoms with Crippen molar-refractivity contribution < 1.29 is 9.72 Å². The number of nitrogens with two attached hydrogens (primary N) is 1. The number of nitro groups is 1. The van der Waals surface area contributed by atoms with E-state index in [0.717, 1.165) is 11.8 Å². The molecule has 3 N–H and O–H groups in total. The standard InChI is InChI=1S/C16H22N6O3S.ClH/c1-10(2)16(3,8-17)19-14(23)11-5-6-13(12(7-11)22(24)25)26-15-20-18-9-21(15)4;/h5-7,9-10H,8,17H2,1-4H3,(H,19,23);1H. The molecule has 1 aromatic heterocycles. The van der Waals surface area contributed by atoms with Crippen molar-refractivity contribution >= 4 is 35.8 Å². The Kier molecular flexibility index (Phi) is 7.76. The Hall–Kier alpha value is -2.17. The number of hydrogen-bond acceptors (Lipinski definition) is 7. The highest BCUT2D eigenvalue weighted by Gasteiger charge is 2.29. The van der Waals surface area contributed by atoms with Crippen LogP contribution in [0.3, 0.4) is 0 Å². The first-order valence-corrected chi connectivity index (χ1v) is 8.82. The zero-order chi connectivity index (χ0) is 19.5. The summed E-state index contributed by atoms with van der Waals surface area (Å²) in [6.45, 7) is 6.02. The number of aromatic nitrogens is 3. The molecule has 0 spiro atoms. The van der Waals surface area contributed by atoms with Crippen molar-refractivity contribution in [3.8, 4) is 0 Å². The summed E-state index contributed by atoms with van der Waals surface area (Å²) < 4.78 is 1.66. The Labute approximate surface area is 167 Å². The molecule has 1 atom stereocenters. The minimum absolute atomic E-state index is 0. The molecular formula is C16H23ClN6O3S. The molecule has 1 unspecified atom stereocenters. The molecule has 2 aromatic rings. The SMILES string of the molecule is CC(C)C(C)(CN)NC(=O)c1ccc(Sc2nncn2C)c([N+](=O)[O-])c1.Cl. The molecule has 0 aliphatic heterocycles. The second-order valence-electron chi connectivity index (χ2n) is 6.50. The third-order valence-electron chi connectivity index (χ3n) is 4.39. The van der Waals surface area contributed by atoms with E-state index in [-0.39, 0.29) is 36.1 Å². The van der Waals surface area contributed by atoms with E-state index >= 15 is 0 Å². The molecule has 0 saturated carbocycles. The van der Waals surface area contributed by atoms with E-state index in [2.05, 4.69) is 15.5 Å². The number of nitrogens with zero attached hydrogens (tertiary/aromatic N) is 4. The van der Waals surface area contributed by atoms with Gasteiger partial charge < -0.3 is 15.6 Å². The average Bonchev–Trinajstić information content (AvgIpc) is 2.99. The number of carbonyl (C=O) groups is 1. The summed E-state index contributed by atoms with van der Waals surface area (Å²) >= 11 is 1.11. The Morgan fingerprint density at radius 3 is 2.63 bits per heavy atom. The second kappa shape index (κ2) is 9.16. The van der Waals surface area contributed by atoms with Crippen LogP contribution < -0.4 is 11.1 Å². The highest BCUT2D eigenvalue weighted by Crippen LogP contribution is 2.34. The maximum atomic E-state index is 12.6. The number of halogens is 1. The Morgan fingerprint density at radius 1 is 1.48 bits per heavy atom. The number of benzene rings is 1. The van der Waals surface area contributed by atoms with Crippen LogP contribution in [0.15, 0.2) is 34.6 Å². The number of nitro benzene ring substituents is 1. The molecule has 0 radical (unpaired) electrons. The maximum absolute atomic E-state index is 12.6. The highest BCUT2D eigenvalue weighted by molar-refractivity contribution is 7.99. The van der Waals surface area contributed by atoms with E-state index in [9.17, 15) is 14.9 Å². The Balaban J connectivity index is 0.00000364. The van der Waals surface area contributed by atoms with E-state index < -0.39 is 16.4 Å². The van der Waals surface area contributed by atoms with E-state index in [4.69, 9.17) is 5.73 Å². The van der Waals surface area contributed by atoms with Crippen molar-refractivity contribution in [1.82, 2.24) is 20.1 Å². The van der Waals surface area contributed by atoms with Crippen molar-refractivity contribution in [3.63, 3.8) is 0 Å². The van der Waals surface area contributed by atoms with Crippen LogP contribution in [0.2, 0.25) is 0 Å². The molecule has 9 nitrogen and oxygen atoms in total. The van der Waals surface area contributed by atoms with E-state index in [1.54, 1.807) is 23.7 Å². The molecule has 2 rings (SSSR count). The second-order valence-corrected chi connectivity index (χ2v) is 7.51. The van der Waals surface area contributed by atoms with Gasteiger partial charge in [-0.2, -0.15) is 0 Å². The number of carbonyl (C=O) groups excluding carboxylic acids is 1. The lowest BCUT2D eigenvalue weighted by Crippen LogP contribution is -2.55. The molecule has 11 heteroatoms. The molecule has 27 heavy (non-hydrogen) atoms. The highest BCUT2D eigenvalue weighted by atomic mass is 35.5. The lowest BCUT2D eigenvalue weighted by molar-refractivity contribution is -0.387. The minimum Gasteiger partial charge on any atom is -0.345 e. The van der Waals surface area contributed by atoms with Gasteiger partial charge in [-0.1, -0.05) is 13.8 Å². The summed E-state index contributed by atoms with van der Waals surface area (Å²) in [5.74, 6) is -0.290. The first-order valence-electron chi connectivity index (χ1n) is 8.01. The van der Waals surface area contributed by atoms with Crippen LogP contribution >= 0.6 is 24.2 Å². The molecule has 0 fully saturated rings. The molecule has 0 aliphatic carbocycles. The van der Waals surface area contributed by atoms with Crippen molar-refractivity contribution in [2.75, 3.05) is 6.54 Å². The molecule has 0 aliphatic rings. The normalized spacial score (nSPS) is 13.0. The van der Waals surface area contributed by atoms with Crippen molar-refractivity contribution in [2.24, 2.45) is 18.7 Å². The van der Waals surface area contributed by atoms with Gasteiger partial charge in [0.05, 0.1) is 15.4 Å². The topological polar surface area (TPSA) is 129 Å². The van der Waals surface area contributed by atoms with Crippen LogP contribution in [-0.4, -0.2) is 37.7 Å². The predicted molar refractivity (Wildman–Crippen MR) is 105 cm³/mol. The van der Waals surface area contributed by atoms with Gasteiger partial charge in [-0.25, -0.2) is 0 Å². The van der Waals surface area contributed by atoms with Crippen LogP contribution in [0, 0.1) is 16.0 Å². The molecule has 0 bridgehead atoms. The van der Waals surface area contributed by atoms with Crippen LogP contribution in [0.25, 0.3) is 0 Å². The predicted octanol–water partition coefficient (Wildman–Crippen LogP) is 2.40. The fraction of sp³-hybridized carbons (Fsp3) is 0.438. The summed E-state index contributed by atoms with van der Waals surface area (Å²) in [4.78, 5) is 23.9. The average molecular weight is 415 g/mol. The number of aryl methyl sites for hydroxylation is 1. The summed E-state index contributed by atoms with van der Waals surface area (Å²) in [5.41, 5.74) is 5.23. The fourth-order valence-corrected chi connectivity index (χ4v) is 2.96. The summed E-state index contributed by atoms with van der Waals surface area (Å²) in [7, 11) is 1.75. The quantitative estimate of drug-likeness (QED) is 0.525. The zero-order valence-electron chi connectivity index (χ0n) is 15.5. The summed E-state index contributed by atoms with van der Waals surface area (Å²) in [6, 6.07) is 4.37. The Morgan fingerprint density at radius 2 is 2.15 bits per heavy atom. The lowest BCUT2D eigenvalue weighted by Gasteiger charge is -2.33. The van der Waals surface area contributed by atoms with Gasteiger partial charge in [0.1, 0.15) is 6.33 Å². The van der Waals surface area contributed by atoms with Gasteiger partial charge in [0.15, 0.2) is 5.16 Å². The fourth-order valence-electron chi connectivity index (χ4n) is 2.11. The largest absolute Gasteiger partial charge is 0.345 e. The maximum Gasteiger partial charge on any atom is 0.284 e. The molecule has 1 amide bonds. The van der Waals surface area contributed by atoms with Crippen molar-refractivity contribution in [2.45, 2.75) is 36.4 Å². The first-order chi connectivity index (χ1) is 12.2. The van der Waals surface area contributed by atoms with Crippen molar-refractivity contribution in [3.05, 3.63) is 40.2 Å².